The molecule has 0 spiro atoms. The van der Waals surface area contributed by atoms with Gasteiger partial charge in [-0.15, -0.1) is 0 Å². The van der Waals surface area contributed by atoms with Crippen LogP contribution in [0.2, 0.25) is 0 Å². The second-order valence-electron chi connectivity index (χ2n) is 17.3. The number of hydroxylamine groups is 2. The van der Waals surface area contributed by atoms with Crippen LogP contribution in [-0.4, -0.2) is 103 Å². The van der Waals surface area contributed by atoms with E-state index in [0.29, 0.717) is 77.3 Å². The molecule has 0 saturated carbocycles. The van der Waals surface area contributed by atoms with Gasteiger partial charge in [-0.3, -0.25) is 33.8 Å². The van der Waals surface area contributed by atoms with E-state index in [9.17, 15) is 38.8 Å². The zero-order valence-electron chi connectivity index (χ0n) is 35.3. The van der Waals surface area contributed by atoms with Crippen molar-refractivity contribution in [3.8, 4) is 0 Å². The van der Waals surface area contributed by atoms with Gasteiger partial charge in [-0.25, -0.2) is 9.59 Å². The summed E-state index contributed by atoms with van der Waals surface area (Å²) in [6.07, 6.45) is 13.5. The molecule has 2 atom stereocenters. The van der Waals surface area contributed by atoms with E-state index in [-0.39, 0.29) is 44.4 Å². The van der Waals surface area contributed by atoms with Crippen molar-refractivity contribution in [1.82, 2.24) is 14.9 Å². The Hall–Kier alpha value is -3.27. The van der Waals surface area contributed by atoms with Gasteiger partial charge in [0, 0.05) is 36.8 Å². The van der Waals surface area contributed by atoms with Gasteiger partial charge >= 0.3 is 17.9 Å². The summed E-state index contributed by atoms with van der Waals surface area (Å²) in [7, 11) is 0. The fraction of sp³-hybridized carbons (Fsp3) is 0.833. The summed E-state index contributed by atoms with van der Waals surface area (Å²) in [6, 6.07) is -2.56. The van der Waals surface area contributed by atoms with Crippen LogP contribution in [0.5, 0.6) is 0 Å². The predicted octanol–water partition coefficient (Wildman–Crippen LogP) is 5.76. The molecule has 15 nitrogen and oxygen atoms in total. The molecule has 3 aliphatic heterocycles. The van der Waals surface area contributed by atoms with Crippen LogP contribution in [0.1, 0.15) is 182 Å². The summed E-state index contributed by atoms with van der Waals surface area (Å²) in [5, 5.41) is 20.2. The Morgan fingerprint density at radius 2 is 0.895 bits per heavy atom. The van der Waals surface area contributed by atoms with Gasteiger partial charge in [0.05, 0.1) is 5.92 Å². The molecule has 3 rings (SSSR count). The maximum atomic E-state index is 13.7. The third-order valence-corrected chi connectivity index (χ3v) is 11.4. The van der Waals surface area contributed by atoms with Crippen molar-refractivity contribution >= 4 is 41.5 Å². The number of rotatable bonds is 13. The highest BCUT2D eigenvalue weighted by Crippen LogP contribution is 2.40. The Labute approximate surface area is 339 Å². The Bertz CT molecular complexity index is 1200. The van der Waals surface area contributed by atoms with Crippen LogP contribution in [0.25, 0.3) is 0 Å². The first-order chi connectivity index (χ1) is 27.0. The van der Waals surface area contributed by atoms with Gasteiger partial charge in [0.2, 0.25) is 23.6 Å². The van der Waals surface area contributed by atoms with E-state index in [1.807, 2.05) is 27.7 Å². The normalized spacial score (nSPS) is 21.9. The summed E-state index contributed by atoms with van der Waals surface area (Å²) in [4.78, 5) is 93.5. The molecule has 3 saturated heterocycles. The molecule has 326 valence electrons. The highest BCUT2D eigenvalue weighted by molar-refractivity contribution is 6.03. The standard InChI is InChI=1S/C32H54N4O7.C10H19NO3/c33-23-15-13-17-25(35-27(37)19-9-5-1-2-6-10-20-28(35)38)31(41)43-32(42)26(18-14-16-24-34)36-29(39)21-11-7-3-4-8-12-22-30(36)40;1-9(2)5-7(8(12)13)6-10(3,4)11(9)14/h25-26H,1-24,33-34H2;7,14H,5-6H2,1-4H3,(H,12,13)/t25-,26-;/m0./s1. The maximum Gasteiger partial charge on any atom is 0.337 e. The largest absolute Gasteiger partial charge is 0.481 e. The molecule has 6 N–H and O–H groups in total. The number of amides is 4. The average molecular weight is 808 g/mol. The minimum atomic E-state index is -1.28. The third-order valence-electron chi connectivity index (χ3n) is 11.4. The van der Waals surface area contributed by atoms with Crippen molar-refractivity contribution in [2.75, 3.05) is 13.1 Å². The van der Waals surface area contributed by atoms with Crippen LogP contribution in [0.3, 0.4) is 0 Å². The van der Waals surface area contributed by atoms with Crippen LogP contribution < -0.4 is 11.5 Å². The predicted molar refractivity (Wildman–Crippen MR) is 214 cm³/mol. The first-order valence-electron chi connectivity index (χ1n) is 21.6. The van der Waals surface area contributed by atoms with E-state index in [1.165, 1.54) is 5.06 Å². The number of unbranched alkanes of at least 4 members (excludes halogenated alkanes) is 2. The molecule has 3 aliphatic rings. The van der Waals surface area contributed by atoms with Gasteiger partial charge in [0.25, 0.3) is 0 Å². The fourth-order valence-corrected chi connectivity index (χ4v) is 8.32. The van der Waals surface area contributed by atoms with Crippen molar-refractivity contribution in [2.45, 2.75) is 205 Å². The molecular weight excluding hydrogens is 734 g/mol. The molecule has 0 aliphatic carbocycles. The van der Waals surface area contributed by atoms with Crippen molar-refractivity contribution in [2.24, 2.45) is 17.4 Å². The van der Waals surface area contributed by atoms with Crippen LogP contribution in [-0.2, 0) is 38.3 Å². The van der Waals surface area contributed by atoms with Gasteiger partial charge in [-0.2, -0.15) is 5.06 Å². The Morgan fingerprint density at radius 3 is 1.18 bits per heavy atom. The minimum absolute atomic E-state index is 0.111. The van der Waals surface area contributed by atoms with E-state index < -0.39 is 64.7 Å². The Morgan fingerprint density at radius 1 is 0.596 bits per heavy atom. The van der Waals surface area contributed by atoms with Gasteiger partial charge in [-0.05, 0) is 118 Å². The number of ether oxygens (including phenoxy) is 1. The first-order valence-corrected chi connectivity index (χ1v) is 21.6. The van der Waals surface area contributed by atoms with E-state index in [0.717, 1.165) is 61.2 Å². The highest BCUT2D eigenvalue weighted by Gasteiger charge is 2.47. The summed E-state index contributed by atoms with van der Waals surface area (Å²) < 4.78 is 5.41. The molecule has 4 amide bonds. The number of carboxylic acid groups (broad SMARTS) is 1. The van der Waals surface area contributed by atoms with E-state index in [2.05, 4.69) is 0 Å². The van der Waals surface area contributed by atoms with Crippen LogP contribution in [0.15, 0.2) is 0 Å². The molecule has 0 radical (unpaired) electrons. The highest BCUT2D eigenvalue weighted by atomic mass is 16.6. The summed E-state index contributed by atoms with van der Waals surface area (Å²) in [5.74, 6) is -4.96. The molecule has 0 unspecified atom stereocenters. The molecule has 3 fully saturated rings. The van der Waals surface area contributed by atoms with Gasteiger partial charge in [0.15, 0.2) is 0 Å². The zero-order valence-corrected chi connectivity index (χ0v) is 35.3. The Balaban J connectivity index is 0.000000671. The first kappa shape index (κ1) is 49.9. The van der Waals surface area contributed by atoms with E-state index in [1.54, 1.807) is 0 Å². The number of esters is 2. The summed E-state index contributed by atoms with van der Waals surface area (Å²) in [5.41, 5.74) is 10.4. The number of imide groups is 2. The zero-order chi connectivity index (χ0) is 42.6. The number of nitrogens with two attached hydrogens (primary N) is 2. The molecule has 0 aromatic heterocycles. The summed E-state index contributed by atoms with van der Waals surface area (Å²) in [6.45, 7) is 8.19. The molecule has 0 aromatic rings. The minimum Gasteiger partial charge on any atom is -0.481 e. The molecule has 0 bridgehead atoms. The van der Waals surface area contributed by atoms with Crippen molar-refractivity contribution in [3.63, 3.8) is 0 Å². The quantitative estimate of drug-likeness (QED) is 0.0752. The number of piperidine rings is 1. The SMILES string of the molecule is CC1(C)CC(C(=O)O)CC(C)(C)N1O.NCCCC[C@@H](C(=O)OC(=O)[C@H](CCCCN)N1C(=O)CCCCCCCCC1=O)N1C(=O)CCCCCCCCC1=O. The van der Waals surface area contributed by atoms with Crippen LogP contribution in [0.4, 0.5) is 0 Å². The molecular formula is C42H73N5O10. The molecule has 57 heavy (non-hydrogen) atoms. The summed E-state index contributed by atoms with van der Waals surface area (Å²) >= 11 is 0. The number of aliphatic carboxylic acids is 1. The Kier molecular flexibility index (Phi) is 22.1. The van der Waals surface area contributed by atoms with Gasteiger partial charge < -0.3 is 26.5 Å². The molecule has 15 heteroatoms. The number of hydrogen-bond acceptors (Lipinski definition) is 12. The van der Waals surface area contributed by atoms with E-state index in [4.69, 9.17) is 21.3 Å². The fourth-order valence-electron chi connectivity index (χ4n) is 8.32. The average Bonchev–Trinajstić information content (AvgIpc) is 3.20. The lowest BCUT2D eigenvalue weighted by Crippen LogP contribution is -2.59. The van der Waals surface area contributed by atoms with Crippen molar-refractivity contribution in [3.05, 3.63) is 0 Å². The lowest BCUT2D eigenvalue weighted by atomic mass is 9.75. The smallest absolute Gasteiger partial charge is 0.337 e. The topological polar surface area (TPSA) is 231 Å². The third kappa shape index (κ3) is 16.5. The van der Waals surface area contributed by atoms with Crippen molar-refractivity contribution in [1.29, 1.82) is 0 Å². The van der Waals surface area contributed by atoms with Crippen molar-refractivity contribution < 1.29 is 48.6 Å². The lowest BCUT2D eigenvalue weighted by Gasteiger charge is -2.50. The number of carbonyl (C=O) groups excluding carboxylic acids is 6. The molecule has 0 aromatic carbocycles. The van der Waals surface area contributed by atoms with E-state index >= 15 is 0 Å². The number of carbonyl (C=O) groups is 7. The van der Waals surface area contributed by atoms with Crippen LogP contribution in [0, 0.1) is 5.92 Å². The van der Waals surface area contributed by atoms with Gasteiger partial charge in [0.1, 0.15) is 12.1 Å². The second-order valence-corrected chi connectivity index (χ2v) is 17.3. The maximum absolute atomic E-state index is 13.7. The van der Waals surface area contributed by atoms with Gasteiger partial charge in [-0.1, -0.05) is 51.4 Å². The number of hydrogen-bond donors (Lipinski definition) is 4. The number of nitrogens with zero attached hydrogens (tertiary/aromatic N) is 3. The number of carboxylic acids is 1. The lowest BCUT2D eigenvalue weighted by molar-refractivity contribution is -0.251. The molecule has 3 heterocycles. The monoisotopic (exact) mass is 808 g/mol. The van der Waals surface area contributed by atoms with Crippen LogP contribution >= 0.6 is 0 Å². The second kappa shape index (κ2) is 25.3.